The Bertz CT molecular complexity index is 3080. The Labute approximate surface area is 390 Å². The number of amides is 1. The number of carboxylic acids is 1. The van der Waals surface area contributed by atoms with Gasteiger partial charge in [-0.05, 0) is 133 Å². The van der Waals surface area contributed by atoms with Crippen LogP contribution in [0.4, 0.5) is 34.1 Å². The molecule has 0 aliphatic rings. The van der Waals surface area contributed by atoms with Crippen molar-refractivity contribution in [1.82, 2.24) is 5.48 Å². The summed E-state index contributed by atoms with van der Waals surface area (Å²) in [4.78, 5) is 27.3. The molecule has 0 unspecified atom stereocenters. The zero-order chi connectivity index (χ0) is 45.8. The third-order valence-corrected chi connectivity index (χ3v) is 10.5. The van der Waals surface area contributed by atoms with Gasteiger partial charge in [-0.2, -0.15) is 0 Å². The van der Waals surface area contributed by atoms with Crippen LogP contribution in [0.5, 0.6) is 0 Å². The van der Waals surface area contributed by atoms with Gasteiger partial charge in [-0.25, -0.2) is 10.3 Å². The molecular weight excluding hydrogens is 870 g/mol. The average molecular weight is 911 g/mol. The Morgan fingerprint density at radius 3 is 1.09 bits per heavy atom. The summed E-state index contributed by atoms with van der Waals surface area (Å²) in [5.74, 6) is -0.128. The minimum absolute atomic E-state index is 0.194. The third-order valence-electron chi connectivity index (χ3n) is 10.5. The molecule has 10 rings (SSSR count). The fraction of sp³-hybridized carbons (Fsp3) is 0.0182. The molecule has 9 nitrogen and oxygen atoms in total. The van der Waals surface area contributed by atoms with E-state index in [1.807, 2.05) is 109 Å². The van der Waals surface area contributed by atoms with Crippen LogP contribution in [-0.4, -0.2) is 27.5 Å². The SMILES string of the molecule is ClCCl.O=C(NO)c1ccc2cc(-c3ccc(N(c4ccccc4)c4ccccc4)cc3)oc2c1.O=C(O)c1ccc2cc(-c3ccc(N(c4ccccc4)c4ccccc4)cc3)oc2c1. The summed E-state index contributed by atoms with van der Waals surface area (Å²) in [7, 11) is 0. The van der Waals surface area contributed by atoms with Crippen LogP contribution in [0.25, 0.3) is 44.6 Å². The minimum Gasteiger partial charge on any atom is -0.478 e. The predicted octanol–water partition coefficient (Wildman–Crippen LogP) is 15.4. The van der Waals surface area contributed by atoms with E-state index < -0.39 is 11.9 Å². The number of hydrogen-bond acceptors (Lipinski definition) is 7. The lowest BCUT2D eigenvalue weighted by Crippen LogP contribution is -2.18. The molecule has 2 heterocycles. The number of benzene rings is 8. The number of hydrogen-bond donors (Lipinski definition) is 3. The molecule has 0 radical (unpaired) electrons. The molecule has 66 heavy (non-hydrogen) atoms. The lowest BCUT2D eigenvalue weighted by atomic mass is 10.1. The first-order valence-corrected chi connectivity index (χ1v) is 21.8. The smallest absolute Gasteiger partial charge is 0.335 e. The summed E-state index contributed by atoms with van der Waals surface area (Å²) in [6, 6.07) is 71.1. The van der Waals surface area contributed by atoms with E-state index in [1.165, 1.54) is 0 Å². The van der Waals surface area contributed by atoms with E-state index in [2.05, 4.69) is 82.6 Å². The fourth-order valence-corrected chi connectivity index (χ4v) is 7.44. The van der Waals surface area contributed by atoms with Crippen molar-refractivity contribution >= 4 is 91.1 Å². The van der Waals surface area contributed by atoms with Crippen LogP contribution in [0.2, 0.25) is 0 Å². The number of aromatic carboxylic acids is 1. The van der Waals surface area contributed by atoms with E-state index in [-0.39, 0.29) is 10.9 Å². The summed E-state index contributed by atoms with van der Waals surface area (Å²) >= 11 is 9.53. The monoisotopic (exact) mass is 909 g/mol. The van der Waals surface area contributed by atoms with Crippen molar-refractivity contribution < 1.29 is 28.7 Å². The van der Waals surface area contributed by atoms with Crippen LogP contribution in [0.1, 0.15) is 20.7 Å². The topological polar surface area (TPSA) is 119 Å². The molecule has 8 aromatic carbocycles. The van der Waals surface area contributed by atoms with Crippen molar-refractivity contribution in [3.8, 4) is 22.6 Å². The quantitative estimate of drug-likeness (QED) is 0.0705. The first-order valence-electron chi connectivity index (χ1n) is 20.7. The number of nitrogens with zero attached hydrogens (tertiary/aromatic N) is 2. The summed E-state index contributed by atoms with van der Waals surface area (Å²) in [6.07, 6.45) is 0. The summed E-state index contributed by atoms with van der Waals surface area (Å²) in [5, 5.41) is 20.0. The zero-order valence-electron chi connectivity index (χ0n) is 35.2. The number of halogens is 2. The second-order valence-electron chi connectivity index (χ2n) is 14.7. The van der Waals surface area contributed by atoms with Crippen LogP contribution in [-0.2, 0) is 0 Å². The Balaban J connectivity index is 0.000000170. The predicted molar refractivity (Wildman–Crippen MR) is 265 cm³/mol. The molecule has 0 atom stereocenters. The van der Waals surface area contributed by atoms with Crippen molar-refractivity contribution in [2.75, 3.05) is 15.1 Å². The van der Waals surface area contributed by atoms with E-state index in [0.717, 1.165) is 56.0 Å². The number of carbonyl (C=O) groups is 2. The molecule has 0 saturated carbocycles. The van der Waals surface area contributed by atoms with Crippen LogP contribution in [0.15, 0.2) is 227 Å². The second kappa shape index (κ2) is 21.1. The number of alkyl halides is 2. The lowest BCUT2D eigenvalue weighted by Gasteiger charge is -2.25. The molecule has 0 bridgehead atoms. The van der Waals surface area contributed by atoms with Crippen LogP contribution in [0, 0.1) is 0 Å². The first-order chi connectivity index (χ1) is 32.3. The Morgan fingerprint density at radius 2 is 0.758 bits per heavy atom. The van der Waals surface area contributed by atoms with Crippen molar-refractivity contribution in [3.63, 3.8) is 0 Å². The molecule has 326 valence electrons. The number of furan rings is 2. The number of carboxylic acid groups (broad SMARTS) is 1. The van der Waals surface area contributed by atoms with Gasteiger partial charge in [0, 0.05) is 61.6 Å². The Kier molecular flexibility index (Phi) is 14.2. The molecule has 1 amide bonds. The average Bonchev–Trinajstić information content (AvgIpc) is 4.01. The number of nitrogens with one attached hydrogen (secondary N) is 1. The summed E-state index contributed by atoms with van der Waals surface area (Å²) in [5.41, 5.74) is 11.6. The van der Waals surface area contributed by atoms with Crippen molar-refractivity contribution in [2.24, 2.45) is 0 Å². The maximum Gasteiger partial charge on any atom is 0.335 e. The highest BCUT2D eigenvalue weighted by Crippen LogP contribution is 2.38. The van der Waals surface area contributed by atoms with Crippen molar-refractivity contribution in [2.45, 2.75) is 0 Å². The van der Waals surface area contributed by atoms with Gasteiger partial charge in [0.05, 0.1) is 10.9 Å². The Morgan fingerprint density at radius 1 is 0.439 bits per heavy atom. The molecule has 3 N–H and O–H groups in total. The summed E-state index contributed by atoms with van der Waals surface area (Å²) < 4.78 is 11.9. The molecule has 2 aromatic heterocycles. The third kappa shape index (κ3) is 10.3. The summed E-state index contributed by atoms with van der Waals surface area (Å²) in [6.45, 7) is 0. The number of carbonyl (C=O) groups excluding carboxylic acids is 1. The molecule has 0 spiro atoms. The Hall–Kier alpha value is -8.08. The molecule has 0 saturated heterocycles. The van der Waals surface area contributed by atoms with Crippen molar-refractivity contribution in [3.05, 3.63) is 230 Å². The normalized spacial score (nSPS) is 10.6. The van der Waals surface area contributed by atoms with Gasteiger partial charge in [-0.3, -0.25) is 10.0 Å². The van der Waals surface area contributed by atoms with Gasteiger partial charge in [-0.1, -0.05) is 84.9 Å². The number of hydroxylamine groups is 1. The van der Waals surface area contributed by atoms with Gasteiger partial charge in [0.15, 0.2) is 0 Å². The maximum absolute atomic E-state index is 11.7. The van der Waals surface area contributed by atoms with E-state index in [4.69, 9.17) is 37.2 Å². The first kappa shape index (κ1) is 44.5. The standard InChI is InChI=1S/C27H20N2O3.C27H19NO3.CH2Cl2/c30-27(28-31)21-12-11-20-17-25(32-26(20)18-21)19-13-15-24(16-14-19)29(22-7-3-1-4-8-22)23-9-5-2-6-10-23;29-27(30)21-12-11-20-17-25(31-26(20)18-21)19-13-15-24(16-14-19)28(22-7-3-1-4-8-22)23-9-5-2-6-10-23;2-1-3/h1-18,31H,(H,28,30);1-18H,(H,29,30);1H2. The largest absolute Gasteiger partial charge is 0.478 e. The van der Waals surface area contributed by atoms with E-state index in [1.54, 1.807) is 41.9 Å². The van der Waals surface area contributed by atoms with E-state index >= 15 is 0 Å². The van der Waals surface area contributed by atoms with Gasteiger partial charge in [-0.15, -0.1) is 23.2 Å². The van der Waals surface area contributed by atoms with Gasteiger partial charge < -0.3 is 23.7 Å². The van der Waals surface area contributed by atoms with E-state index in [0.29, 0.717) is 28.2 Å². The van der Waals surface area contributed by atoms with Gasteiger partial charge in [0.1, 0.15) is 22.7 Å². The number of para-hydroxylation sites is 4. The molecule has 11 heteroatoms. The fourth-order valence-electron chi connectivity index (χ4n) is 7.44. The van der Waals surface area contributed by atoms with Gasteiger partial charge in [0.25, 0.3) is 5.91 Å². The number of rotatable bonds is 10. The van der Waals surface area contributed by atoms with Gasteiger partial charge in [0.2, 0.25) is 0 Å². The van der Waals surface area contributed by atoms with Crippen LogP contribution >= 0.6 is 23.2 Å². The van der Waals surface area contributed by atoms with Gasteiger partial charge >= 0.3 is 5.97 Å². The molecule has 0 aliphatic heterocycles. The highest BCUT2D eigenvalue weighted by Gasteiger charge is 2.16. The highest BCUT2D eigenvalue weighted by atomic mass is 35.5. The minimum atomic E-state index is -0.967. The number of anilines is 6. The van der Waals surface area contributed by atoms with Crippen LogP contribution < -0.4 is 15.3 Å². The zero-order valence-corrected chi connectivity index (χ0v) is 36.7. The van der Waals surface area contributed by atoms with E-state index in [9.17, 15) is 14.7 Å². The molecular formula is C55H41Cl2N3O6. The maximum atomic E-state index is 11.7. The molecule has 0 fully saturated rings. The second-order valence-corrected chi connectivity index (χ2v) is 15.5. The van der Waals surface area contributed by atoms with Crippen molar-refractivity contribution in [1.29, 1.82) is 0 Å². The van der Waals surface area contributed by atoms with Crippen LogP contribution in [0.3, 0.4) is 0 Å². The molecule has 10 aromatic rings. The number of fused-ring (bicyclic) bond motifs is 2. The molecule has 0 aliphatic carbocycles. The highest BCUT2D eigenvalue weighted by molar-refractivity contribution is 6.40. The lowest BCUT2D eigenvalue weighted by molar-refractivity contribution is 0.0693.